The van der Waals surface area contributed by atoms with Gasteiger partial charge in [0.1, 0.15) is 5.75 Å². The van der Waals surface area contributed by atoms with E-state index in [4.69, 9.17) is 9.26 Å². The second kappa shape index (κ2) is 6.19. The minimum atomic E-state index is 0.348. The molecule has 1 aromatic heterocycles. The van der Waals surface area contributed by atoms with Crippen LogP contribution in [0, 0.1) is 0 Å². The Hall–Kier alpha value is -1.84. The predicted octanol–water partition coefficient (Wildman–Crippen LogP) is 3.16. The van der Waals surface area contributed by atoms with Crippen molar-refractivity contribution in [2.24, 2.45) is 0 Å². The van der Waals surface area contributed by atoms with Gasteiger partial charge < -0.3 is 9.26 Å². The number of rotatable bonds is 6. The maximum atomic E-state index is 5.64. The molecule has 0 atom stereocenters. The fourth-order valence-corrected chi connectivity index (χ4v) is 1.67. The van der Waals surface area contributed by atoms with Crippen molar-refractivity contribution in [3.05, 3.63) is 41.5 Å². The van der Waals surface area contributed by atoms with Gasteiger partial charge in [0.2, 0.25) is 11.7 Å². The van der Waals surface area contributed by atoms with Crippen molar-refractivity contribution in [1.29, 1.82) is 0 Å². The van der Waals surface area contributed by atoms with Crippen molar-refractivity contribution in [2.75, 3.05) is 0 Å². The van der Waals surface area contributed by atoms with Crippen LogP contribution in [-0.2, 0) is 19.4 Å². The predicted molar refractivity (Wildman–Crippen MR) is 68.4 cm³/mol. The maximum Gasteiger partial charge on any atom is 0.226 e. The molecule has 2 rings (SSSR count). The smallest absolute Gasteiger partial charge is 0.226 e. The lowest BCUT2D eigenvalue weighted by Crippen LogP contribution is -1.98. The Morgan fingerprint density at radius 1 is 1.28 bits per heavy atom. The van der Waals surface area contributed by atoms with Gasteiger partial charge in [-0.3, -0.25) is 0 Å². The quantitative estimate of drug-likeness (QED) is 0.785. The molecule has 0 bridgehead atoms. The minimum absolute atomic E-state index is 0.348. The van der Waals surface area contributed by atoms with Gasteiger partial charge in [0.15, 0.2) is 6.61 Å². The fourth-order valence-electron chi connectivity index (χ4n) is 1.67. The van der Waals surface area contributed by atoms with E-state index in [1.807, 2.05) is 18.2 Å². The van der Waals surface area contributed by atoms with Crippen LogP contribution in [0.25, 0.3) is 0 Å². The second-order valence-corrected chi connectivity index (χ2v) is 4.14. The highest BCUT2D eigenvalue weighted by atomic mass is 16.5. The van der Waals surface area contributed by atoms with E-state index in [2.05, 4.69) is 30.1 Å². The first-order valence-electron chi connectivity index (χ1n) is 6.35. The number of aryl methyl sites for hydroxylation is 2. The molecular formula is C14H18N2O2. The summed E-state index contributed by atoms with van der Waals surface area (Å²) in [5, 5.41) is 3.88. The van der Waals surface area contributed by atoms with Gasteiger partial charge in [-0.05, 0) is 30.5 Å². The van der Waals surface area contributed by atoms with Crippen LogP contribution >= 0.6 is 0 Å². The molecule has 0 amide bonds. The normalized spacial score (nSPS) is 10.6. The van der Waals surface area contributed by atoms with Crippen LogP contribution in [-0.4, -0.2) is 10.1 Å². The van der Waals surface area contributed by atoms with Crippen molar-refractivity contribution >= 4 is 0 Å². The van der Waals surface area contributed by atoms with E-state index >= 15 is 0 Å². The van der Waals surface area contributed by atoms with Crippen LogP contribution < -0.4 is 4.74 Å². The van der Waals surface area contributed by atoms with E-state index in [1.165, 1.54) is 5.56 Å². The highest BCUT2D eigenvalue weighted by Crippen LogP contribution is 2.15. The standard InChI is InChI=1S/C14H18N2O2/c1-3-6-14-15-13(16-18-14)10-17-12-8-5-7-11(4-2)9-12/h5,7-9H,3-4,6,10H2,1-2H3. The molecule has 4 nitrogen and oxygen atoms in total. The fraction of sp³-hybridized carbons (Fsp3) is 0.429. The highest BCUT2D eigenvalue weighted by molar-refractivity contribution is 5.28. The zero-order valence-corrected chi connectivity index (χ0v) is 10.8. The Labute approximate surface area is 107 Å². The van der Waals surface area contributed by atoms with Gasteiger partial charge in [0.05, 0.1) is 0 Å². The van der Waals surface area contributed by atoms with Crippen LogP contribution in [0.2, 0.25) is 0 Å². The van der Waals surface area contributed by atoms with Gasteiger partial charge in [0.25, 0.3) is 0 Å². The molecule has 0 spiro atoms. The van der Waals surface area contributed by atoms with Gasteiger partial charge in [-0.25, -0.2) is 0 Å². The number of ether oxygens (including phenoxy) is 1. The van der Waals surface area contributed by atoms with E-state index in [-0.39, 0.29) is 0 Å². The monoisotopic (exact) mass is 246 g/mol. The summed E-state index contributed by atoms with van der Waals surface area (Å²) in [6, 6.07) is 8.05. The van der Waals surface area contributed by atoms with Gasteiger partial charge >= 0.3 is 0 Å². The molecule has 0 aliphatic carbocycles. The number of nitrogens with zero attached hydrogens (tertiary/aromatic N) is 2. The van der Waals surface area contributed by atoms with Crippen LogP contribution in [0.1, 0.15) is 37.5 Å². The van der Waals surface area contributed by atoms with Crippen molar-refractivity contribution in [2.45, 2.75) is 39.7 Å². The molecule has 0 aliphatic rings. The summed E-state index contributed by atoms with van der Waals surface area (Å²) < 4.78 is 10.7. The molecular weight excluding hydrogens is 228 g/mol. The van der Waals surface area contributed by atoms with Crippen LogP contribution in [0.3, 0.4) is 0 Å². The molecule has 1 heterocycles. The summed E-state index contributed by atoms with van der Waals surface area (Å²) in [5.74, 6) is 2.12. The Bertz CT molecular complexity index is 494. The topological polar surface area (TPSA) is 48.2 Å². The molecule has 96 valence electrons. The average Bonchev–Trinajstić information content (AvgIpc) is 2.85. The van der Waals surface area contributed by atoms with E-state index in [0.29, 0.717) is 18.3 Å². The van der Waals surface area contributed by atoms with E-state index in [9.17, 15) is 0 Å². The minimum Gasteiger partial charge on any atom is -0.485 e. The first-order chi connectivity index (χ1) is 8.81. The van der Waals surface area contributed by atoms with Gasteiger partial charge in [-0.1, -0.05) is 31.1 Å². The van der Waals surface area contributed by atoms with Crippen molar-refractivity contribution in [1.82, 2.24) is 10.1 Å². The molecule has 18 heavy (non-hydrogen) atoms. The lowest BCUT2D eigenvalue weighted by atomic mass is 10.2. The molecule has 0 fully saturated rings. The third-order valence-corrected chi connectivity index (χ3v) is 2.65. The molecule has 0 unspecified atom stereocenters. The van der Waals surface area contributed by atoms with E-state index in [0.717, 1.165) is 25.0 Å². The average molecular weight is 246 g/mol. The summed E-state index contributed by atoms with van der Waals surface area (Å²) in [7, 11) is 0. The van der Waals surface area contributed by atoms with Crippen LogP contribution in [0.4, 0.5) is 0 Å². The number of hydrogen-bond donors (Lipinski definition) is 0. The third-order valence-electron chi connectivity index (χ3n) is 2.65. The van der Waals surface area contributed by atoms with E-state index in [1.54, 1.807) is 0 Å². The Morgan fingerprint density at radius 2 is 2.17 bits per heavy atom. The summed E-state index contributed by atoms with van der Waals surface area (Å²) >= 11 is 0. The molecule has 0 N–H and O–H groups in total. The van der Waals surface area contributed by atoms with E-state index < -0.39 is 0 Å². The number of hydrogen-bond acceptors (Lipinski definition) is 4. The molecule has 0 saturated carbocycles. The van der Waals surface area contributed by atoms with Gasteiger partial charge in [-0.2, -0.15) is 4.98 Å². The Kier molecular flexibility index (Phi) is 4.34. The lowest BCUT2D eigenvalue weighted by Gasteiger charge is -2.04. The summed E-state index contributed by atoms with van der Waals surface area (Å²) in [5.41, 5.74) is 1.26. The lowest BCUT2D eigenvalue weighted by molar-refractivity contribution is 0.285. The highest BCUT2D eigenvalue weighted by Gasteiger charge is 2.06. The molecule has 2 aromatic rings. The molecule has 0 saturated heterocycles. The van der Waals surface area contributed by atoms with Crippen molar-refractivity contribution in [3.63, 3.8) is 0 Å². The van der Waals surface area contributed by atoms with Gasteiger partial charge in [-0.15, -0.1) is 0 Å². The van der Waals surface area contributed by atoms with Crippen molar-refractivity contribution in [3.8, 4) is 5.75 Å². The van der Waals surface area contributed by atoms with Crippen LogP contribution in [0.15, 0.2) is 28.8 Å². The molecule has 4 heteroatoms. The first-order valence-corrected chi connectivity index (χ1v) is 6.35. The zero-order chi connectivity index (χ0) is 12.8. The summed E-state index contributed by atoms with van der Waals surface area (Å²) in [6.07, 6.45) is 2.82. The van der Waals surface area contributed by atoms with Crippen molar-refractivity contribution < 1.29 is 9.26 Å². The molecule has 0 radical (unpaired) electrons. The SMILES string of the molecule is CCCc1nc(COc2cccc(CC)c2)no1. The largest absolute Gasteiger partial charge is 0.485 e. The Morgan fingerprint density at radius 3 is 2.94 bits per heavy atom. The zero-order valence-electron chi connectivity index (χ0n) is 10.8. The first kappa shape index (κ1) is 12.6. The Balaban J connectivity index is 1.93. The summed E-state index contributed by atoms with van der Waals surface area (Å²) in [4.78, 5) is 4.25. The van der Waals surface area contributed by atoms with Gasteiger partial charge in [0, 0.05) is 6.42 Å². The second-order valence-electron chi connectivity index (χ2n) is 4.14. The molecule has 0 aliphatic heterocycles. The number of aromatic nitrogens is 2. The summed E-state index contributed by atoms with van der Waals surface area (Å²) in [6.45, 7) is 4.55. The number of benzene rings is 1. The third kappa shape index (κ3) is 3.32. The molecule has 1 aromatic carbocycles. The van der Waals surface area contributed by atoms with Crippen LogP contribution in [0.5, 0.6) is 5.75 Å². The maximum absolute atomic E-state index is 5.64.